The molecule has 8 nitrogen and oxygen atoms in total. The van der Waals surface area contributed by atoms with Gasteiger partial charge in [-0.2, -0.15) is 0 Å². The number of carbonyl (C=O) groups excluding carboxylic acids is 2. The molecule has 4 aromatic rings. The summed E-state index contributed by atoms with van der Waals surface area (Å²) in [5, 5.41) is 13.3. The smallest absolute Gasteiger partial charge is 0.245 e. The molecule has 1 aliphatic rings. The van der Waals surface area contributed by atoms with Gasteiger partial charge in [-0.05, 0) is 47.7 Å². The first-order valence-corrected chi connectivity index (χ1v) is 16.1. The molecule has 1 saturated heterocycles. The number of nitrogens with zero attached hydrogens (tertiary/aromatic N) is 2. The van der Waals surface area contributed by atoms with Crippen molar-refractivity contribution in [2.75, 3.05) is 56.0 Å². The van der Waals surface area contributed by atoms with Crippen LogP contribution in [0.3, 0.4) is 0 Å². The Kier molecular flexibility index (Phi) is 11.3. The number of nitrogens with one attached hydrogen (secondary N) is 3. The van der Waals surface area contributed by atoms with E-state index in [2.05, 4.69) is 94.5 Å². The minimum atomic E-state index is -0.657. The molecule has 5 rings (SSSR count). The van der Waals surface area contributed by atoms with Crippen LogP contribution in [0.5, 0.6) is 0 Å². The van der Waals surface area contributed by atoms with Gasteiger partial charge in [0, 0.05) is 86.5 Å². The highest BCUT2D eigenvalue weighted by Crippen LogP contribution is 2.28. The molecule has 4 aromatic carbocycles. The van der Waals surface area contributed by atoms with Crippen LogP contribution in [0.2, 0.25) is 5.02 Å². The number of amides is 2. The van der Waals surface area contributed by atoms with Crippen molar-refractivity contribution in [1.29, 1.82) is 0 Å². The second kappa shape index (κ2) is 15.8. The SMILES string of the molecule is CC(NCCNc1cccc2ccccc12)c1ccccc1N1CCN(C(=O)[C@@H](Cc2ccc(Cl)cc2)NC(=O)CCN)CC1. The summed E-state index contributed by atoms with van der Waals surface area (Å²) in [6.07, 6.45) is 0.578. The van der Waals surface area contributed by atoms with Gasteiger partial charge in [-0.1, -0.05) is 78.3 Å². The molecule has 0 aromatic heterocycles. The van der Waals surface area contributed by atoms with E-state index in [4.69, 9.17) is 17.3 Å². The van der Waals surface area contributed by atoms with E-state index in [0.717, 1.165) is 24.3 Å². The molecule has 2 amide bonds. The highest BCUT2D eigenvalue weighted by molar-refractivity contribution is 6.30. The second-order valence-corrected chi connectivity index (χ2v) is 11.9. The van der Waals surface area contributed by atoms with Gasteiger partial charge in [0.2, 0.25) is 11.8 Å². The first kappa shape index (κ1) is 32.3. The number of piperazine rings is 1. The van der Waals surface area contributed by atoms with Gasteiger partial charge in [0.25, 0.3) is 0 Å². The maximum Gasteiger partial charge on any atom is 0.245 e. The summed E-state index contributed by atoms with van der Waals surface area (Å²) in [4.78, 5) is 30.3. The molecule has 2 atom stereocenters. The number of hydrogen-bond acceptors (Lipinski definition) is 6. The molecule has 9 heteroatoms. The number of rotatable bonds is 13. The molecule has 1 aliphatic heterocycles. The minimum absolute atomic E-state index is 0.0722. The highest BCUT2D eigenvalue weighted by Gasteiger charge is 2.29. The zero-order chi connectivity index (χ0) is 31.6. The van der Waals surface area contributed by atoms with Crippen molar-refractivity contribution in [3.05, 3.63) is 107 Å². The van der Waals surface area contributed by atoms with Crippen molar-refractivity contribution < 1.29 is 9.59 Å². The Labute approximate surface area is 270 Å². The molecule has 0 spiro atoms. The third-order valence-corrected chi connectivity index (χ3v) is 8.63. The predicted molar refractivity (Wildman–Crippen MR) is 185 cm³/mol. The fourth-order valence-corrected chi connectivity index (χ4v) is 6.09. The maximum absolute atomic E-state index is 13.7. The first-order chi connectivity index (χ1) is 21.9. The summed E-state index contributed by atoms with van der Waals surface area (Å²) in [5.41, 5.74) is 10.1. The molecule has 236 valence electrons. The van der Waals surface area contributed by atoms with Crippen LogP contribution >= 0.6 is 11.6 Å². The second-order valence-electron chi connectivity index (χ2n) is 11.5. The third kappa shape index (κ3) is 8.54. The molecule has 1 fully saturated rings. The molecular formula is C36H43ClN6O2. The number of para-hydroxylation sites is 1. The van der Waals surface area contributed by atoms with Crippen LogP contribution in [-0.2, 0) is 16.0 Å². The van der Waals surface area contributed by atoms with Crippen LogP contribution in [0.15, 0.2) is 91.0 Å². The Morgan fingerprint density at radius 2 is 1.58 bits per heavy atom. The molecule has 0 saturated carbocycles. The van der Waals surface area contributed by atoms with Gasteiger partial charge < -0.3 is 31.5 Å². The van der Waals surface area contributed by atoms with E-state index >= 15 is 0 Å². The van der Waals surface area contributed by atoms with Crippen molar-refractivity contribution in [2.45, 2.75) is 31.8 Å². The molecule has 0 aliphatic carbocycles. The predicted octanol–water partition coefficient (Wildman–Crippen LogP) is 4.98. The van der Waals surface area contributed by atoms with E-state index in [1.54, 1.807) is 12.1 Å². The van der Waals surface area contributed by atoms with Crippen LogP contribution in [-0.4, -0.2) is 68.6 Å². The van der Waals surface area contributed by atoms with Gasteiger partial charge in [-0.15, -0.1) is 0 Å². The van der Waals surface area contributed by atoms with Crippen LogP contribution in [0.25, 0.3) is 10.8 Å². The van der Waals surface area contributed by atoms with E-state index in [9.17, 15) is 9.59 Å². The van der Waals surface area contributed by atoms with Crippen molar-refractivity contribution >= 4 is 45.6 Å². The van der Waals surface area contributed by atoms with E-state index < -0.39 is 6.04 Å². The fourth-order valence-electron chi connectivity index (χ4n) is 5.96. The summed E-state index contributed by atoms with van der Waals surface area (Å²) < 4.78 is 0. The molecular weight excluding hydrogens is 584 g/mol. The fraction of sp³-hybridized carbons (Fsp3) is 0.333. The van der Waals surface area contributed by atoms with Gasteiger partial charge in [0.15, 0.2) is 0 Å². The molecule has 45 heavy (non-hydrogen) atoms. The summed E-state index contributed by atoms with van der Waals surface area (Å²) in [6.45, 7) is 6.63. The molecule has 5 N–H and O–H groups in total. The number of halogens is 1. The van der Waals surface area contributed by atoms with Gasteiger partial charge in [0.05, 0.1) is 0 Å². The summed E-state index contributed by atoms with van der Waals surface area (Å²) in [7, 11) is 0. The average molecular weight is 627 g/mol. The van der Waals surface area contributed by atoms with E-state index in [-0.39, 0.29) is 30.8 Å². The lowest BCUT2D eigenvalue weighted by Gasteiger charge is -2.39. The quantitative estimate of drug-likeness (QED) is 0.156. The summed E-state index contributed by atoms with van der Waals surface area (Å²) in [5.74, 6) is -0.289. The lowest BCUT2D eigenvalue weighted by atomic mass is 10.0. The van der Waals surface area contributed by atoms with Crippen molar-refractivity contribution in [1.82, 2.24) is 15.5 Å². The normalized spacial score (nSPS) is 14.6. The third-order valence-electron chi connectivity index (χ3n) is 8.37. The standard InChI is InChI=1S/C36H43ClN6O2/c1-26(39-19-20-40-32-11-6-8-28-7-2-3-10-31(28)32)30-9-4-5-12-34(30)42-21-23-43(24-22-42)36(45)33(41-35(44)17-18-38)25-27-13-15-29(37)16-14-27/h2-16,26,33,39-40H,17-25,38H2,1H3,(H,41,44)/t26?,33-/m1/s1. The van der Waals surface area contributed by atoms with Gasteiger partial charge >= 0.3 is 0 Å². The van der Waals surface area contributed by atoms with Gasteiger partial charge in [0.1, 0.15) is 6.04 Å². The Morgan fingerprint density at radius 3 is 2.36 bits per heavy atom. The van der Waals surface area contributed by atoms with E-state index in [1.165, 1.54) is 22.0 Å². The topological polar surface area (TPSA) is 103 Å². The van der Waals surface area contributed by atoms with Crippen LogP contribution in [0.1, 0.15) is 30.5 Å². The molecule has 0 radical (unpaired) electrons. The minimum Gasteiger partial charge on any atom is -0.383 e. The van der Waals surface area contributed by atoms with Crippen molar-refractivity contribution in [3.63, 3.8) is 0 Å². The number of nitrogens with two attached hydrogens (primary N) is 1. The number of anilines is 2. The largest absolute Gasteiger partial charge is 0.383 e. The monoisotopic (exact) mass is 626 g/mol. The van der Waals surface area contributed by atoms with Gasteiger partial charge in [-0.25, -0.2) is 0 Å². The number of carbonyl (C=O) groups is 2. The number of benzene rings is 4. The number of fused-ring (bicyclic) bond motifs is 1. The lowest BCUT2D eigenvalue weighted by Crippen LogP contribution is -2.56. The van der Waals surface area contributed by atoms with Crippen LogP contribution in [0.4, 0.5) is 11.4 Å². The average Bonchev–Trinajstić information content (AvgIpc) is 3.07. The Balaban J connectivity index is 1.17. The maximum atomic E-state index is 13.7. The van der Waals surface area contributed by atoms with Crippen LogP contribution < -0.4 is 26.6 Å². The van der Waals surface area contributed by atoms with E-state index in [0.29, 0.717) is 37.6 Å². The zero-order valence-corrected chi connectivity index (χ0v) is 26.6. The zero-order valence-electron chi connectivity index (χ0n) is 25.8. The highest BCUT2D eigenvalue weighted by atomic mass is 35.5. The first-order valence-electron chi connectivity index (χ1n) is 15.7. The van der Waals surface area contributed by atoms with E-state index in [1.807, 2.05) is 17.0 Å². The van der Waals surface area contributed by atoms with Crippen LogP contribution in [0, 0.1) is 0 Å². The Hall–Kier alpha value is -4.11. The number of hydrogen-bond donors (Lipinski definition) is 4. The Bertz CT molecular complexity index is 1570. The molecule has 1 unspecified atom stereocenters. The lowest BCUT2D eigenvalue weighted by molar-refractivity contribution is -0.136. The summed E-state index contributed by atoms with van der Waals surface area (Å²) >= 11 is 6.05. The molecule has 1 heterocycles. The van der Waals surface area contributed by atoms with Crippen molar-refractivity contribution in [3.8, 4) is 0 Å². The summed E-state index contributed by atoms with van der Waals surface area (Å²) in [6, 6.07) is 30.1. The van der Waals surface area contributed by atoms with Crippen molar-refractivity contribution in [2.24, 2.45) is 5.73 Å². The van der Waals surface area contributed by atoms with Gasteiger partial charge in [-0.3, -0.25) is 9.59 Å². The molecule has 0 bridgehead atoms. The Morgan fingerprint density at radius 1 is 0.867 bits per heavy atom.